The summed E-state index contributed by atoms with van der Waals surface area (Å²) >= 11 is 1.53. The summed E-state index contributed by atoms with van der Waals surface area (Å²) in [6, 6.07) is 11.2. The molecule has 0 bridgehead atoms. The Balaban J connectivity index is 1.93. The molecule has 0 fully saturated rings. The lowest BCUT2D eigenvalue weighted by Gasteiger charge is -2.11. The van der Waals surface area contributed by atoms with Gasteiger partial charge in [0.05, 0.1) is 18.9 Å². The van der Waals surface area contributed by atoms with Crippen LogP contribution in [0.2, 0.25) is 0 Å². The molecule has 1 aromatic carbocycles. The smallest absolute Gasteiger partial charge is 0.178 e. The van der Waals surface area contributed by atoms with Gasteiger partial charge >= 0.3 is 0 Å². The predicted molar refractivity (Wildman–Crippen MR) is 103 cm³/mol. The maximum Gasteiger partial charge on any atom is 0.178 e. The van der Waals surface area contributed by atoms with Gasteiger partial charge in [0.1, 0.15) is 16.4 Å². The average Bonchev–Trinajstić information content (AvgIpc) is 3.14. The number of rotatable bonds is 7. The van der Waals surface area contributed by atoms with Crippen molar-refractivity contribution in [3.63, 3.8) is 0 Å². The maximum absolute atomic E-state index is 11.5. The zero-order valence-electron chi connectivity index (χ0n) is 15.0. The molecule has 0 amide bonds. The molecule has 6 heteroatoms. The topological polar surface area (TPSA) is 61.3 Å². The van der Waals surface area contributed by atoms with Crippen molar-refractivity contribution in [3.8, 4) is 33.5 Å². The third-order valence-corrected chi connectivity index (χ3v) is 4.56. The molecule has 0 aliphatic heterocycles. The lowest BCUT2D eigenvalue weighted by atomic mass is 10.2. The van der Waals surface area contributed by atoms with Gasteiger partial charge in [-0.25, -0.2) is 9.97 Å². The second kappa shape index (κ2) is 8.10. The molecular weight excluding hydrogens is 348 g/mol. The summed E-state index contributed by atoms with van der Waals surface area (Å²) in [7, 11) is 0. The fraction of sp³-hybridized carbons (Fsp3) is 0.250. The van der Waals surface area contributed by atoms with Crippen LogP contribution < -0.4 is 9.47 Å². The molecule has 0 unspecified atom stereocenters. The number of hydrogen-bond acceptors (Lipinski definition) is 6. The third-order valence-electron chi connectivity index (χ3n) is 3.67. The summed E-state index contributed by atoms with van der Waals surface area (Å²) in [6.07, 6.45) is 0. The summed E-state index contributed by atoms with van der Waals surface area (Å²) in [5.74, 6) is 1.38. The largest absolute Gasteiger partial charge is 0.490 e. The Bertz CT molecular complexity index is 921. The van der Waals surface area contributed by atoms with Crippen molar-refractivity contribution < 1.29 is 14.3 Å². The highest BCUT2D eigenvalue weighted by atomic mass is 32.1. The Kier molecular flexibility index (Phi) is 5.63. The Morgan fingerprint density at radius 1 is 1.00 bits per heavy atom. The number of nitrogens with zero attached hydrogens (tertiary/aromatic N) is 2. The van der Waals surface area contributed by atoms with E-state index in [1.54, 1.807) is 6.07 Å². The zero-order valence-corrected chi connectivity index (χ0v) is 15.8. The maximum atomic E-state index is 11.5. The van der Waals surface area contributed by atoms with Crippen molar-refractivity contribution in [2.75, 3.05) is 13.2 Å². The van der Waals surface area contributed by atoms with Gasteiger partial charge in [0.2, 0.25) is 0 Å². The molecule has 0 aliphatic carbocycles. The van der Waals surface area contributed by atoms with E-state index in [9.17, 15) is 4.79 Å². The number of hydrogen-bond donors (Lipinski definition) is 0. The third kappa shape index (κ3) is 3.91. The van der Waals surface area contributed by atoms with Crippen LogP contribution in [0, 0.1) is 0 Å². The Hall–Kier alpha value is -2.73. The number of ether oxygens (including phenoxy) is 2. The Labute approximate surface area is 156 Å². The fourth-order valence-corrected chi connectivity index (χ4v) is 3.29. The van der Waals surface area contributed by atoms with E-state index in [1.807, 2.05) is 49.6 Å². The number of thiazole rings is 1. The number of ketones is 1. The van der Waals surface area contributed by atoms with Crippen LogP contribution in [0.15, 0.2) is 41.8 Å². The van der Waals surface area contributed by atoms with Gasteiger partial charge in [-0.05, 0) is 44.2 Å². The molecule has 3 rings (SSSR count). The predicted octanol–water partition coefficient (Wildman–Crippen LogP) is 4.87. The van der Waals surface area contributed by atoms with Crippen LogP contribution in [-0.4, -0.2) is 29.0 Å². The van der Waals surface area contributed by atoms with Crippen molar-refractivity contribution in [2.24, 2.45) is 0 Å². The summed E-state index contributed by atoms with van der Waals surface area (Å²) < 4.78 is 11.3. The van der Waals surface area contributed by atoms with E-state index in [0.717, 1.165) is 22.0 Å². The molecule has 5 nitrogen and oxygen atoms in total. The van der Waals surface area contributed by atoms with E-state index in [1.165, 1.54) is 18.3 Å². The van der Waals surface area contributed by atoms with Crippen LogP contribution >= 0.6 is 11.3 Å². The molecule has 0 atom stereocenters. The van der Waals surface area contributed by atoms with Gasteiger partial charge in [-0.1, -0.05) is 6.07 Å². The van der Waals surface area contributed by atoms with Gasteiger partial charge in [-0.15, -0.1) is 11.3 Å². The van der Waals surface area contributed by atoms with Crippen molar-refractivity contribution >= 4 is 17.1 Å². The summed E-state index contributed by atoms with van der Waals surface area (Å²) in [5, 5.41) is 2.80. The van der Waals surface area contributed by atoms with E-state index in [0.29, 0.717) is 30.4 Å². The average molecular weight is 368 g/mol. The minimum atomic E-state index is -0.0600. The molecule has 0 radical (unpaired) electrons. The van der Waals surface area contributed by atoms with Gasteiger partial charge < -0.3 is 9.47 Å². The first-order chi connectivity index (χ1) is 12.6. The monoisotopic (exact) mass is 368 g/mol. The van der Waals surface area contributed by atoms with Gasteiger partial charge in [-0.2, -0.15) is 0 Å². The van der Waals surface area contributed by atoms with E-state index in [2.05, 4.69) is 9.97 Å². The fourth-order valence-electron chi connectivity index (χ4n) is 2.48. The molecule has 2 aromatic heterocycles. The minimum absolute atomic E-state index is 0.0600. The van der Waals surface area contributed by atoms with Gasteiger partial charge in [-0.3, -0.25) is 4.79 Å². The Morgan fingerprint density at radius 3 is 2.50 bits per heavy atom. The summed E-state index contributed by atoms with van der Waals surface area (Å²) in [4.78, 5) is 20.6. The highest BCUT2D eigenvalue weighted by Crippen LogP contribution is 2.35. The summed E-state index contributed by atoms with van der Waals surface area (Å²) in [5.41, 5.74) is 2.84. The van der Waals surface area contributed by atoms with Gasteiger partial charge in [0.15, 0.2) is 17.3 Å². The second-order valence-corrected chi connectivity index (χ2v) is 6.39. The zero-order chi connectivity index (χ0) is 18.5. The minimum Gasteiger partial charge on any atom is -0.490 e. The molecule has 26 heavy (non-hydrogen) atoms. The van der Waals surface area contributed by atoms with Crippen LogP contribution in [0.25, 0.3) is 22.0 Å². The molecule has 2 heterocycles. The van der Waals surface area contributed by atoms with E-state index >= 15 is 0 Å². The molecule has 0 N–H and O–H groups in total. The number of Topliss-reactive ketones (excluding diaryl/α,β-unsaturated/α-hetero) is 1. The molecule has 134 valence electrons. The quantitative estimate of drug-likeness (QED) is 0.557. The van der Waals surface area contributed by atoms with Crippen molar-refractivity contribution in [1.29, 1.82) is 0 Å². The van der Waals surface area contributed by atoms with Crippen molar-refractivity contribution in [3.05, 3.63) is 47.5 Å². The first kappa shape index (κ1) is 18.1. The van der Waals surface area contributed by atoms with Crippen LogP contribution in [0.3, 0.4) is 0 Å². The molecule has 0 saturated heterocycles. The van der Waals surface area contributed by atoms with Crippen LogP contribution in [-0.2, 0) is 0 Å². The highest BCUT2D eigenvalue weighted by Gasteiger charge is 2.12. The normalized spacial score (nSPS) is 10.6. The van der Waals surface area contributed by atoms with E-state index < -0.39 is 0 Å². The Morgan fingerprint density at radius 2 is 1.77 bits per heavy atom. The van der Waals surface area contributed by atoms with Crippen LogP contribution in [0.1, 0.15) is 31.3 Å². The molecule has 0 spiro atoms. The van der Waals surface area contributed by atoms with Gasteiger partial charge in [0.25, 0.3) is 0 Å². The lowest BCUT2D eigenvalue weighted by Crippen LogP contribution is -1.98. The molecule has 0 saturated carbocycles. The molecular formula is C20H20N2O3S. The van der Waals surface area contributed by atoms with Crippen molar-refractivity contribution in [2.45, 2.75) is 20.8 Å². The number of carbonyl (C=O) groups is 1. The van der Waals surface area contributed by atoms with Crippen molar-refractivity contribution in [1.82, 2.24) is 9.97 Å². The number of carbonyl (C=O) groups excluding carboxylic acids is 1. The second-order valence-electron chi connectivity index (χ2n) is 5.53. The number of aromatic nitrogens is 2. The van der Waals surface area contributed by atoms with E-state index in [-0.39, 0.29) is 5.78 Å². The SMILES string of the molecule is CCOc1ccc(-c2nc(-c3cccc(C(C)=O)n3)cs2)cc1OCC. The first-order valence-electron chi connectivity index (χ1n) is 8.46. The standard InChI is InChI=1S/C20H20N2O3S/c1-4-24-18-10-9-14(11-19(18)25-5-2)20-22-17(12-26-20)16-8-6-7-15(21-16)13(3)23/h6-12H,4-5H2,1-3H3. The van der Waals surface area contributed by atoms with Gasteiger partial charge in [0, 0.05) is 17.9 Å². The van der Waals surface area contributed by atoms with Crippen LogP contribution in [0.4, 0.5) is 0 Å². The molecule has 3 aromatic rings. The molecule has 0 aliphatic rings. The van der Waals surface area contributed by atoms with Crippen LogP contribution in [0.5, 0.6) is 11.5 Å². The number of pyridine rings is 1. The first-order valence-corrected chi connectivity index (χ1v) is 9.34. The number of benzene rings is 1. The highest BCUT2D eigenvalue weighted by molar-refractivity contribution is 7.13. The lowest BCUT2D eigenvalue weighted by molar-refractivity contribution is 0.101. The van der Waals surface area contributed by atoms with E-state index in [4.69, 9.17) is 9.47 Å². The summed E-state index contributed by atoms with van der Waals surface area (Å²) in [6.45, 7) is 6.54.